The van der Waals surface area contributed by atoms with Crippen LogP contribution in [0.2, 0.25) is 0 Å². The molecule has 1 saturated heterocycles. The predicted octanol–water partition coefficient (Wildman–Crippen LogP) is 1.82. The molecule has 6 heteroatoms. The Labute approximate surface area is 133 Å². The number of carbonyl (C=O) groups excluding carboxylic acids is 1. The van der Waals surface area contributed by atoms with Crippen LogP contribution in [0.25, 0.3) is 0 Å². The first-order valence-electron chi connectivity index (χ1n) is 7.66. The van der Waals surface area contributed by atoms with E-state index in [9.17, 15) is 14.3 Å². The van der Waals surface area contributed by atoms with Crippen molar-refractivity contribution in [2.45, 2.75) is 31.4 Å². The van der Waals surface area contributed by atoms with Gasteiger partial charge in [-0.1, -0.05) is 18.2 Å². The number of aromatic nitrogens is 2. The number of hydrogen-bond acceptors (Lipinski definition) is 4. The highest BCUT2D eigenvalue weighted by molar-refractivity contribution is 5.94. The number of aliphatic hydroxyl groups excluding tert-OH is 1. The fourth-order valence-corrected chi connectivity index (χ4v) is 3.01. The van der Waals surface area contributed by atoms with Gasteiger partial charge in [-0.25, -0.2) is 4.39 Å². The van der Waals surface area contributed by atoms with Gasteiger partial charge in [0.05, 0.1) is 30.1 Å². The van der Waals surface area contributed by atoms with E-state index in [1.54, 1.807) is 29.2 Å². The van der Waals surface area contributed by atoms with Crippen LogP contribution in [0.4, 0.5) is 4.39 Å². The van der Waals surface area contributed by atoms with Crippen LogP contribution in [0.1, 0.15) is 28.8 Å². The third-order valence-electron chi connectivity index (χ3n) is 4.22. The number of rotatable bonds is 3. The Kier molecular flexibility index (Phi) is 4.62. The minimum Gasteiger partial charge on any atom is -0.391 e. The maximum Gasteiger partial charge on any atom is 0.255 e. The molecule has 0 bridgehead atoms. The first-order chi connectivity index (χ1) is 11.2. The van der Waals surface area contributed by atoms with E-state index in [4.69, 9.17) is 0 Å². The van der Waals surface area contributed by atoms with E-state index in [1.165, 1.54) is 18.5 Å². The van der Waals surface area contributed by atoms with Gasteiger partial charge in [-0.3, -0.25) is 4.79 Å². The van der Waals surface area contributed by atoms with Crippen molar-refractivity contribution in [2.24, 2.45) is 0 Å². The Balaban J connectivity index is 1.85. The molecule has 0 radical (unpaired) electrons. The van der Waals surface area contributed by atoms with Gasteiger partial charge in [0, 0.05) is 6.54 Å². The predicted molar refractivity (Wildman–Crippen MR) is 82.2 cm³/mol. The highest BCUT2D eigenvalue weighted by Gasteiger charge is 2.34. The van der Waals surface area contributed by atoms with Crippen molar-refractivity contribution in [3.05, 3.63) is 59.7 Å². The van der Waals surface area contributed by atoms with E-state index < -0.39 is 12.1 Å². The monoisotopic (exact) mass is 315 g/mol. The van der Waals surface area contributed by atoms with Crippen molar-refractivity contribution < 1.29 is 14.3 Å². The Bertz CT molecular complexity index is 681. The van der Waals surface area contributed by atoms with E-state index in [0.29, 0.717) is 24.1 Å². The van der Waals surface area contributed by atoms with E-state index in [-0.39, 0.29) is 18.1 Å². The summed E-state index contributed by atoms with van der Waals surface area (Å²) in [5.41, 5.74) is 0.928. The minimum absolute atomic E-state index is 0.208. The summed E-state index contributed by atoms with van der Waals surface area (Å²) in [4.78, 5) is 14.3. The van der Waals surface area contributed by atoms with Crippen LogP contribution in [0, 0.1) is 5.82 Å². The molecule has 2 heterocycles. The van der Waals surface area contributed by atoms with Crippen molar-refractivity contribution in [3.63, 3.8) is 0 Å². The number of carbonyl (C=O) groups is 1. The molecular formula is C17H18FN3O2. The second kappa shape index (κ2) is 6.83. The molecule has 0 saturated carbocycles. The lowest BCUT2D eigenvalue weighted by Crippen LogP contribution is -2.52. The fraction of sp³-hybridized carbons (Fsp3) is 0.353. The number of benzene rings is 1. The zero-order valence-electron chi connectivity index (χ0n) is 12.6. The number of hydrogen-bond donors (Lipinski definition) is 1. The summed E-state index contributed by atoms with van der Waals surface area (Å²) in [7, 11) is 0. The summed E-state index contributed by atoms with van der Waals surface area (Å²) in [6, 6.07) is 7.61. The molecule has 1 aromatic heterocycles. The number of likely N-dealkylation sites (tertiary alicyclic amines) is 1. The van der Waals surface area contributed by atoms with Crippen LogP contribution in [0.3, 0.4) is 0 Å². The van der Waals surface area contributed by atoms with Gasteiger partial charge in [-0.15, -0.1) is 0 Å². The molecule has 1 N–H and O–H groups in total. The van der Waals surface area contributed by atoms with Crippen LogP contribution < -0.4 is 0 Å². The summed E-state index contributed by atoms with van der Waals surface area (Å²) in [5, 5.41) is 17.7. The fourth-order valence-electron chi connectivity index (χ4n) is 3.01. The lowest BCUT2D eigenvalue weighted by Gasteiger charge is -2.39. The summed E-state index contributed by atoms with van der Waals surface area (Å²) in [6.45, 7) is 0.539. The first kappa shape index (κ1) is 15.6. The third kappa shape index (κ3) is 3.37. The molecule has 0 spiro atoms. The van der Waals surface area contributed by atoms with Crippen LogP contribution in [-0.2, 0) is 6.42 Å². The van der Waals surface area contributed by atoms with E-state index in [2.05, 4.69) is 10.2 Å². The normalized spacial score (nSPS) is 21.2. The van der Waals surface area contributed by atoms with Gasteiger partial charge in [-0.05, 0) is 37.0 Å². The highest BCUT2D eigenvalue weighted by atomic mass is 19.1. The van der Waals surface area contributed by atoms with Crippen molar-refractivity contribution in [3.8, 4) is 0 Å². The molecule has 23 heavy (non-hydrogen) atoms. The largest absolute Gasteiger partial charge is 0.391 e. The van der Waals surface area contributed by atoms with Gasteiger partial charge in [0.15, 0.2) is 0 Å². The van der Waals surface area contributed by atoms with Crippen LogP contribution >= 0.6 is 0 Å². The second-order valence-corrected chi connectivity index (χ2v) is 5.70. The molecule has 120 valence electrons. The quantitative estimate of drug-likeness (QED) is 0.938. The van der Waals surface area contributed by atoms with Crippen molar-refractivity contribution >= 4 is 5.91 Å². The Morgan fingerprint density at radius 2 is 2.13 bits per heavy atom. The second-order valence-electron chi connectivity index (χ2n) is 5.70. The molecule has 0 aliphatic carbocycles. The first-order valence-corrected chi connectivity index (χ1v) is 7.66. The molecule has 1 aliphatic rings. The van der Waals surface area contributed by atoms with Crippen LogP contribution in [-0.4, -0.2) is 44.8 Å². The smallest absolute Gasteiger partial charge is 0.255 e. The SMILES string of the molecule is O=C(c1ccnnc1)N1CCC[C@H](O)[C@@H]1Cc1ccccc1F. The molecular weight excluding hydrogens is 297 g/mol. The zero-order valence-corrected chi connectivity index (χ0v) is 12.6. The maximum atomic E-state index is 13.9. The standard InChI is InChI=1S/C17H18FN3O2/c18-14-5-2-1-4-12(14)10-15-16(22)6-3-9-21(15)17(23)13-7-8-19-20-11-13/h1-2,4-5,7-8,11,15-16,22H,3,6,9-10H2/t15-,16-/m0/s1. The van der Waals surface area contributed by atoms with Crippen molar-refractivity contribution in [1.29, 1.82) is 0 Å². The number of nitrogens with zero attached hydrogens (tertiary/aromatic N) is 3. The highest BCUT2D eigenvalue weighted by Crippen LogP contribution is 2.24. The van der Waals surface area contributed by atoms with E-state index in [0.717, 1.165) is 6.42 Å². The van der Waals surface area contributed by atoms with Gasteiger partial charge in [0.1, 0.15) is 5.82 Å². The molecule has 2 atom stereocenters. The molecule has 1 fully saturated rings. The van der Waals surface area contributed by atoms with Crippen LogP contribution in [0.5, 0.6) is 0 Å². The van der Waals surface area contributed by atoms with Gasteiger partial charge in [0.25, 0.3) is 5.91 Å². The summed E-state index contributed by atoms with van der Waals surface area (Å²) in [6.07, 6.45) is 3.82. The molecule has 0 unspecified atom stereocenters. The van der Waals surface area contributed by atoms with Gasteiger partial charge >= 0.3 is 0 Å². The number of amides is 1. The Hall–Kier alpha value is -2.34. The molecule has 3 rings (SSSR count). The molecule has 5 nitrogen and oxygen atoms in total. The lowest BCUT2D eigenvalue weighted by atomic mass is 9.92. The van der Waals surface area contributed by atoms with Crippen LogP contribution in [0.15, 0.2) is 42.7 Å². The molecule has 1 aromatic carbocycles. The van der Waals surface area contributed by atoms with Gasteiger partial charge in [0.2, 0.25) is 0 Å². The number of halogens is 1. The van der Waals surface area contributed by atoms with E-state index in [1.807, 2.05) is 0 Å². The third-order valence-corrected chi connectivity index (χ3v) is 4.22. The van der Waals surface area contributed by atoms with Crippen molar-refractivity contribution in [2.75, 3.05) is 6.54 Å². The van der Waals surface area contributed by atoms with Gasteiger partial charge in [-0.2, -0.15) is 10.2 Å². The Morgan fingerprint density at radius 3 is 2.87 bits per heavy atom. The topological polar surface area (TPSA) is 66.3 Å². The summed E-state index contributed by atoms with van der Waals surface area (Å²) in [5.74, 6) is -0.525. The molecule has 1 aliphatic heterocycles. The Morgan fingerprint density at radius 1 is 1.30 bits per heavy atom. The van der Waals surface area contributed by atoms with Gasteiger partial charge < -0.3 is 10.0 Å². The number of aliphatic hydroxyl groups is 1. The molecule has 2 aromatic rings. The van der Waals surface area contributed by atoms with E-state index >= 15 is 0 Å². The zero-order chi connectivity index (χ0) is 16.2. The average Bonchev–Trinajstić information content (AvgIpc) is 2.58. The minimum atomic E-state index is -0.665. The maximum absolute atomic E-state index is 13.9. The number of piperidine rings is 1. The average molecular weight is 315 g/mol. The lowest BCUT2D eigenvalue weighted by molar-refractivity contribution is 0.0116. The molecule has 1 amide bonds. The van der Waals surface area contributed by atoms with Crippen molar-refractivity contribution in [1.82, 2.24) is 15.1 Å². The summed E-state index contributed by atoms with van der Waals surface area (Å²) < 4.78 is 13.9. The summed E-state index contributed by atoms with van der Waals surface area (Å²) >= 11 is 0.